The summed E-state index contributed by atoms with van der Waals surface area (Å²) in [5.41, 5.74) is 7.16. The molecule has 0 radical (unpaired) electrons. The second kappa shape index (κ2) is 11.2. The van der Waals surface area contributed by atoms with Crippen molar-refractivity contribution in [1.29, 1.82) is 0 Å². The average Bonchev–Trinajstić information content (AvgIpc) is 2.76. The number of carbonyl (C=O) groups is 2. The van der Waals surface area contributed by atoms with E-state index >= 15 is 0 Å². The van der Waals surface area contributed by atoms with Gasteiger partial charge in [0, 0.05) is 17.9 Å². The fourth-order valence-corrected chi connectivity index (χ4v) is 3.56. The SMILES string of the molecule is COc1cc(C(=O)CC(CCc2ccccc2)C[C@H](C)C(N)=O)cc(OC)c1OC. The number of aryl methyl sites for hydroxylation is 1. The third-order valence-corrected chi connectivity index (χ3v) is 5.32. The van der Waals surface area contributed by atoms with E-state index in [2.05, 4.69) is 12.1 Å². The first kappa shape index (κ1) is 23.3. The van der Waals surface area contributed by atoms with Crippen LogP contribution in [0.2, 0.25) is 0 Å². The van der Waals surface area contributed by atoms with Gasteiger partial charge in [0.15, 0.2) is 17.3 Å². The molecule has 6 heteroatoms. The zero-order chi connectivity index (χ0) is 22.1. The van der Waals surface area contributed by atoms with Crippen molar-refractivity contribution in [3.8, 4) is 17.2 Å². The standard InChI is InChI=1S/C24H31NO5/c1-16(24(25)27)12-18(11-10-17-8-6-5-7-9-17)13-20(26)19-14-21(28-2)23(30-4)22(15-19)29-3/h5-9,14-16,18H,10-13H2,1-4H3,(H2,25,27)/t16-,18?/m0/s1. The summed E-state index contributed by atoms with van der Waals surface area (Å²) >= 11 is 0. The fourth-order valence-electron chi connectivity index (χ4n) is 3.56. The lowest BCUT2D eigenvalue weighted by molar-refractivity contribution is -0.121. The molecule has 0 heterocycles. The van der Waals surface area contributed by atoms with E-state index in [0.717, 1.165) is 12.8 Å². The minimum Gasteiger partial charge on any atom is -0.493 e. The molecule has 30 heavy (non-hydrogen) atoms. The van der Waals surface area contributed by atoms with Crippen LogP contribution in [0, 0.1) is 11.8 Å². The lowest BCUT2D eigenvalue weighted by Crippen LogP contribution is -2.24. The van der Waals surface area contributed by atoms with Crippen molar-refractivity contribution < 1.29 is 23.8 Å². The van der Waals surface area contributed by atoms with Crippen molar-refractivity contribution in [1.82, 2.24) is 0 Å². The number of rotatable bonds is 12. The molecule has 0 saturated carbocycles. The lowest BCUT2D eigenvalue weighted by atomic mass is 9.85. The van der Waals surface area contributed by atoms with Crippen LogP contribution < -0.4 is 19.9 Å². The van der Waals surface area contributed by atoms with Crippen molar-refractivity contribution in [3.63, 3.8) is 0 Å². The molecule has 1 unspecified atom stereocenters. The highest BCUT2D eigenvalue weighted by atomic mass is 16.5. The topological polar surface area (TPSA) is 87.9 Å². The monoisotopic (exact) mass is 413 g/mol. The van der Waals surface area contributed by atoms with Crippen LogP contribution in [-0.2, 0) is 11.2 Å². The van der Waals surface area contributed by atoms with E-state index in [1.165, 1.54) is 26.9 Å². The smallest absolute Gasteiger partial charge is 0.220 e. The second-order valence-electron chi connectivity index (χ2n) is 7.47. The van der Waals surface area contributed by atoms with Gasteiger partial charge in [0.25, 0.3) is 0 Å². The average molecular weight is 414 g/mol. The number of hydrogen-bond donors (Lipinski definition) is 1. The summed E-state index contributed by atoms with van der Waals surface area (Å²) in [5.74, 6) is 0.666. The molecular weight excluding hydrogens is 382 g/mol. The van der Waals surface area contributed by atoms with E-state index in [9.17, 15) is 9.59 Å². The maximum absolute atomic E-state index is 13.1. The number of hydrogen-bond acceptors (Lipinski definition) is 5. The third kappa shape index (κ3) is 6.24. The summed E-state index contributed by atoms with van der Waals surface area (Å²) < 4.78 is 16.0. The Kier molecular flexibility index (Phi) is 8.71. The van der Waals surface area contributed by atoms with Gasteiger partial charge in [-0.25, -0.2) is 0 Å². The van der Waals surface area contributed by atoms with Crippen LogP contribution in [0.25, 0.3) is 0 Å². The molecule has 0 aromatic heterocycles. The van der Waals surface area contributed by atoms with E-state index in [1.807, 2.05) is 25.1 Å². The van der Waals surface area contributed by atoms with Gasteiger partial charge >= 0.3 is 0 Å². The van der Waals surface area contributed by atoms with Gasteiger partial charge in [0.1, 0.15) is 0 Å². The summed E-state index contributed by atoms with van der Waals surface area (Å²) in [6, 6.07) is 13.4. The fraction of sp³-hybridized carbons (Fsp3) is 0.417. The van der Waals surface area contributed by atoms with E-state index in [4.69, 9.17) is 19.9 Å². The van der Waals surface area contributed by atoms with Crippen molar-refractivity contribution in [2.24, 2.45) is 17.6 Å². The Morgan fingerprint density at radius 3 is 2.07 bits per heavy atom. The van der Waals surface area contributed by atoms with Crippen LogP contribution in [-0.4, -0.2) is 33.0 Å². The summed E-state index contributed by atoms with van der Waals surface area (Å²) in [6.07, 6.45) is 2.50. The molecule has 2 rings (SSSR count). The summed E-state index contributed by atoms with van der Waals surface area (Å²) in [5, 5.41) is 0. The number of methoxy groups -OCH3 is 3. The highest BCUT2D eigenvalue weighted by Crippen LogP contribution is 2.39. The first-order chi connectivity index (χ1) is 14.4. The summed E-state index contributed by atoms with van der Waals surface area (Å²) in [7, 11) is 4.55. The molecule has 0 spiro atoms. The Morgan fingerprint density at radius 2 is 1.57 bits per heavy atom. The predicted octanol–water partition coefficient (Wildman–Crippen LogP) is 4.05. The maximum Gasteiger partial charge on any atom is 0.220 e. The largest absolute Gasteiger partial charge is 0.493 e. The van der Waals surface area contributed by atoms with Crippen molar-refractivity contribution in [2.75, 3.05) is 21.3 Å². The second-order valence-corrected chi connectivity index (χ2v) is 7.47. The normalized spacial score (nSPS) is 12.7. The van der Waals surface area contributed by atoms with Gasteiger partial charge < -0.3 is 19.9 Å². The molecule has 0 saturated heterocycles. The highest BCUT2D eigenvalue weighted by Gasteiger charge is 2.23. The summed E-state index contributed by atoms with van der Waals surface area (Å²) in [6.45, 7) is 1.81. The lowest BCUT2D eigenvalue weighted by Gasteiger charge is -2.20. The quantitative estimate of drug-likeness (QED) is 0.531. The zero-order valence-corrected chi connectivity index (χ0v) is 18.1. The van der Waals surface area contributed by atoms with Gasteiger partial charge in [-0.1, -0.05) is 37.3 Å². The van der Waals surface area contributed by atoms with Gasteiger partial charge in [0.05, 0.1) is 21.3 Å². The molecule has 2 atom stereocenters. The first-order valence-corrected chi connectivity index (χ1v) is 10.1. The molecule has 6 nitrogen and oxygen atoms in total. The minimum absolute atomic E-state index is 0.0271. The Morgan fingerprint density at radius 1 is 0.967 bits per heavy atom. The van der Waals surface area contributed by atoms with Crippen LogP contribution in [0.4, 0.5) is 0 Å². The molecule has 0 aliphatic carbocycles. The molecule has 1 amide bonds. The number of nitrogens with two attached hydrogens (primary N) is 1. The Balaban J connectivity index is 2.20. The number of ketones is 1. The predicted molar refractivity (Wildman–Crippen MR) is 116 cm³/mol. The van der Waals surface area contributed by atoms with Crippen molar-refractivity contribution >= 4 is 11.7 Å². The Labute approximate surface area is 178 Å². The molecule has 0 fully saturated rings. The highest BCUT2D eigenvalue weighted by molar-refractivity contribution is 5.97. The van der Waals surface area contributed by atoms with Gasteiger partial charge in [-0.2, -0.15) is 0 Å². The van der Waals surface area contributed by atoms with E-state index < -0.39 is 0 Å². The Bertz CT molecular complexity index is 825. The molecular formula is C24H31NO5. The molecule has 2 aromatic rings. The van der Waals surface area contributed by atoms with Crippen LogP contribution in [0.3, 0.4) is 0 Å². The summed E-state index contributed by atoms with van der Waals surface area (Å²) in [4.78, 5) is 24.7. The van der Waals surface area contributed by atoms with Crippen LogP contribution in [0.1, 0.15) is 42.1 Å². The molecule has 162 valence electrons. The van der Waals surface area contributed by atoms with Gasteiger partial charge in [-0.3, -0.25) is 9.59 Å². The number of primary amides is 1. The molecule has 2 aromatic carbocycles. The molecule has 2 N–H and O–H groups in total. The number of ether oxygens (including phenoxy) is 3. The number of amides is 1. The van der Waals surface area contributed by atoms with Crippen LogP contribution in [0.15, 0.2) is 42.5 Å². The molecule has 0 bridgehead atoms. The third-order valence-electron chi connectivity index (χ3n) is 5.32. The number of benzene rings is 2. The van der Waals surface area contributed by atoms with Gasteiger partial charge in [0.2, 0.25) is 11.7 Å². The number of Topliss-reactive ketones (excluding diaryl/α,β-unsaturated/α-hetero) is 1. The zero-order valence-electron chi connectivity index (χ0n) is 18.1. The van der Waals surface area contributed by atoms with Crippen molar-refractivity contribution in [3.05, 3.63) is 53.6 Å². The minimum atomic E-state index is -0.347. The van der Waals surface area contributed by atoms with E-state index in [0.29, 0.717) is 35.7 Å². The van der Waals surface area contributed by atoms with Gasteiger partial charge in [-0.15, -0.1) is 0 Å². The van der Waals surface area contributed by atoms with Crippen molar-refractivity contribution in [2.45, 2.75) is 32.6 Å². The molecule has 0 aliphatic rings. The first-order valence-electron chi connectivity index (χ1n) is 10.1. The number of carbonyl (C=O) groups excluding carboxylic acids is 2. The van der Waals surface area contributed by atoms with Gasteiger partial charge in [-0.05, 0) is 42.9 Å². The van der Waals surface area contributed by atoms with E-state index in [1.54, 1.807) is 12.1 Å². The van der Waals surface area contributed by atoms with Crippen LogP contribution >= 0.6 is 0 Å². The van der Waals surface area contributed by atoms with Crippen LogP contribution in [0.5, 0.6) is 17.2 Å². The van der Waals surface area contributed by atoms with E-state index in [-0.39, 0.29) is 23.5 Å². The maximum atomic E-state index is 13.1. The molecule has 0 aliphatic heterocycles. The Hall–Kier alpha value is -3.02.